The Bertz CT molecular complexity index is 896. The molecule has 0 saturated carbocycles. The third-order valence-electron chi connectivity index (χ3n) is 4.28. The van der Waals surface area contributed by atoms with Gasteiger partial charge >= 0.3 is 0 Å². The van der Waals surface area contributed by atoms with E-state index in [9.17, 15) is 9.59 Å². The van der Waals surface area contributed by atoms with Crippen LogP contribution in [0, 0.1) is 0 Å². The van der Waals surface area contributed by atoms with Crippen molar-refractivity contribution in [3.05, 3.63) is 64.7 Å². The highest BCUT2D eigenvalue weighted by molar-refractivity contribution is 8.26. The number of nitrogens with zero attached hydrogens (tertiary/aromatic N) is 2. The standard InChI is InChI=1S/C21H21N3O2S2/c1-2-15-8-10-16(11-9-15)14-17-20(26)24(21(27)28-17)13-5-7-19(25)23-18-6-3-4-12-22-18/h3-4,6,8-12,14H,2,5,7,13H2,1H3,(H,22,23,25)/b17-14-. The average Bonchev–Trinajstić information content (AvgIpc) is 2.96. The number of rotatable bonds is 7. The molecule has 1 aromatic heterocycles. The summed E-state index contributed by atoms with van der Waals surface area (Å²) in [6.45, 7) is 2.53. The fourth-order valence-corrected chi connectivity index (χ4v) is 4.04. The van der Waals surface area contributed by atoms with Gasteiger partial charge in [0.25, 0.3) is 5.91 Å². The van der Waals surface area contributed by atoms with E-state index in [1.807, 2.05) is 24.3 Å². The van der Waals surface area contributed by atoms with Crippen molar-refractivity contribution in [2.45, 2.75) is 26.2 Å². The molecule has 0 aliphatic carbocycles. The minimum absolute atomic E-state index is 0.0975. The second-order valence-electron chi connectivity index (χ2n) is 6.30. The van der Waals surface area contributed by atoms with Crippen LogP contribution in [0.25, 0.3) is 6.08 Å². The lowest BCUT2D eigenvalue weighted by molar-refractivity contribution is -0.122. The first-order valence-corrected chi connectivity index (χ1v) is 10.3. The van der Waals surface area contributed by atoms with Crippen LogP contribution < -0.4 is 5.32 Å². The Morgan fingerprint density at radius 3 is 2.71 bits per heavy atom. The van der Waals surface area contributed by atoms with Crippen LogP contribution in [-0.4, -0.2) is 32.6 Å². The molecule has 2 heterocycles. The molecule has 2 aromatic rings. The first-order chi connectivity index (χ1) is 13.6. The summed E-state index contributed by atoms with van der Waals surface area (Å²) in [7, 11) is 0. The van der Waals surface area contributed by atoms with Crippen LogP contribution in [0.15, 0.2) is 53.6 Å². The van der Waals surface area contributed by atoms with Crippen molar-refractivity contribution >= 4 is 52.0 Å². The first kappa shape index (κ1) is 20.2. The molecule has 1 saturated heterocycles. The summed E-state index contributed by atoms with van der Waals surface area (Å²) in [5.41, 5.74) is 2.24. The number of benzene rings is 1. The maximum Gasteiger partial charge on any atom is 0.266 e. The van der Waals surface area contributed by atoms with Crippen molar-refractivity contribution < 1.29 is 9.59 Å². The highest BCUT2D eigenvalue weighted by Crippen LogP contribution is 2.32. The zero-order valence-electron chi connectivity index (χ0n) is 15.6. The van der Waals surface area contributed by atoms with E-state index in [0.717, 1.165) is 12.0 Å². The van der Waals surface area contributed by atoms with Crippen LogP contribution in [0.4, 0.5) is 5.82 Å². The Hall–Kier alpha value is -2.51. The number of aromatic nitrogens is 1. The Kier molecular flexibility index (Phi) is 6.95. The molecule has 1 aliphatic rings. The van der Waals surface area contributed by atoms with Crippen molar-refractivity contribution in [3.8, 4) is 0 Å². The number of aryl methyl sites for hydroxylation is 1. The first-order valence-electron chi connectivity index (χ1n) is 9.12. The Balaban J connectivity index is 1.53. The Morgan fingerprint density at radius 1 is 1.25 bits per heavy atom. The summed E-state index contributed by atoms with van der Waals surface area (Å²) in [6.07, 6.45) is 5.30. The normalized spacial score (nSPS) is 15.3. The number of hydrogen-bond donors (Lipinski definition) is 1. The van der Waals surface area contributed by atoms with Crippen LogP contribution in [0.3, 0.4) is 0 Å². The van der Waals surface area contributed by atoms with Crippen molar-refractivity contribution in [1.82, 2.24) is 9.88 Å². The molecule has 0 spiro atoms. The molecule has 1 aliphatic heterocycles. The van der Waals surface area contributed by atoms with Crippen LogP contribution in [0.5, 0.6) is 0 Å². The van der Waals surface area contributed by atoms with Gasteiger partial charge in [-0.3, -0.25) is 14.5 Å². The molecular formula is C21H21N3O2S2. The van der Waals surface area contributed by atoms with Gasteiger partial charge in [0.15, 0.2) is 0 Å². The zero-order chi connectivity index (χ0) is 19.9. The fourth-order valence-electron chi connectivity index (χ4n) is 2.73. The van der Waals surface area contributed by atoms with Crippen molar-refractivity contribution in [2.24, 2.45) is 0 Å². The van der Waals surface area contributed by atoms with Gasteiger partial charge in [0.05, 0.1) is 4.91 Å². The van der Waals surface area contributed by atoms with Gasteiger partial charge in [-0.05, 0) is 42.2 Å². The number of anilines is 1. The molecular weight excluding hydrogens is 390 g/mol. The molecule has 2 amide bonds. The molecule has 1 N–H and O–H groups in total. The molecule has 0 unspecified atom stereocenters. The van der Waals surface area contributed by atoms with Gasteiger partial charge in [-0.2, -0.15) is 0 Å². The van der Waals surface area contributed by atoms with E-state index < -0.39 is 0 Å². The molecule has 28 heavy (non-hydrogen) atoms. The maximum absolute atomic E-state index is 12.6. The molecule has 5 nitrogen and oxygen atoms in total. The van der Waals surface area contributed by atoms with E-state index >= 15 is 0 Å². The number of carbonyl (C=O) groups is 2. The van der Waals surface area contributed by atoms with E-state index in [-0.39, 0.29) is 11.8 Å². The van der Waals surface area contributed by atoms with Crippen LogP contribution >= 0.6 is 24.0 Å². The number of amides is 2. The largest absolute Gasteiger partial charge is 0.311 e. The van der Waals surface area contributed by atoms with E-state index in [0.29, 0.717) is 34.4 Å². The third kappa shape index (κ3) is 5.27. The number of nitrogens with one attached hydrogen (secondary N) is 1. The molecule has 3 rings (SSSR count). The van der Waals surface area contributed by atoms with Crippen molar-refractivity contribution in [1.29, 1.82) is 0 Å². The number of hydrogen-bond acceptors (Lipinski definition) is 5. The van der Waals surface area contributed by atoms with Gasteiger partial charge in [0, 0.05) is 19.2 Å². The molecule has 144 valence electrons. The van der Waals surface area contributed by atoms with Gasteiger partial charge in [-0.25, -0.2) is 4.98 Å². The number of thioether (sulfide) groups is 1. The second kappa shape index (κ2) is 9.61. The molecule has 0 bridgehead atoms. The number of pyridine rings is 1. The second-order valence-corrected chi connectivity index (χ2v) is 7.97. The van der Waals surface area contributed by atoms with E-state index in [1.54, 1.807) is 23.2 Å². The SMILES string of the molecule is CCc1ccc(/C=C2\SC(=S)N(CCCC(=O)Nc3ccccn3)C2=O)cc1. The summed E-state index contributed by atoms with van der Waals surface area (Å²) in [5.74, 6) is 0.297. The quantitative estimate of drug-likeness (QED) is 0.545. The van der Waals surface area contributed by atoms with Gasteiger partial charge in [-0.1, -0.05) is 61.2 Å². The highest BCUT2D eigenvalue weighted by Gasteiger charge is 2.31. The van der Waals surface area contributed by atoms with Crippen molar-refractivity contribution in [2.75, 3.05) is 11.9 Å². The summed E-state index contributed by atoms with van der Waals surface area (Å²) < 4.78 is 0.534. The van der Waals surface area contributed by atoms with Crippen molar-refractivity contribution in [3.63, 3.8) is 0 Å². The minimum atomic E-state index is -0.129. The summed E-state index contributed by atoms with van der Waals surface area (Å²) in [4.78, 5) is 30.9. The lowest BCUT2D eigenvalue weighted by Gasteiger charge is -2.14. The fraction of sp³-hybridized carbons (Fsp3) is 0.238. The van der Waals surface area contributed by atoms with E-state index in [4.69, 9.17) is 12.2 Å². The topological polar surface area (TPSA) is 62.3 Å². The monoisotopic (exact) mass is 411 g/mol. The molecule has 1 fully saturated rings. The summed E-state index contributed by atoms with van der Waals surface area (Å²) in [5, 5.41) is 2.74. The Labute approximate surface area is 174 Å². The lowest BCUT2D eigenvalue weighted by atomic mass is 10.1. The molecule has 7 heteroatoms. The smallest absolute Gasteiger partial charge is 0.266 e. The minimum Gasteiger partial charge on any atom is -0.311 e. The predicted molar refractivity (Wildman–Crippen MR) is 118 cm³/mol. The molecule has 0 atom stereocenters. The van der Waals surface area contributed by atoms with Crippen LogP contribution in [-0.2, 0) is 16.0 Å². The maximum atomic E-state index is 12.6. The van der Waals surface area contributed by atoms with Crippen LogP contribution in [0.2, 0.25) is 0 Å². The van der Waals surface area contributed by atoms with Gasteiger partial charge in [0.1, 0.15) is 10.1 Å². The zero-order valence-corrected chi connectivity index (χ0v) is 17.2. The molecule has 1 aromatic carbocycles. The third-order valence-corrected chi connectivity index (χ3v) is 5.66. The van der Waals surface area contributed by atoms with E-state index in [2.05, 4.69) is 29.4 Å². The van der Waals surface area contributed by atoms with Gasteiger partial charge < -0.3 is 5.32 Å². The number of thiocarbonyl (C=S) groups is 1. The predicted octanol–water partition coefficient (Wildman–Crippen LogP) is 4.26. The summed E-state index contributed by atoms with van der Waals surface area (Å²) in [6, 6.07) is 13.5. The Morgan fingerprint density at radius 2 is 2.04 bits per heavy atom. The van der Waals surface area contributed by atoms with Crippen LogP contribution in [0.1, 0.15) is 30.9 Å². The summed E-state index contributed by atoms with van der Waals surface area (Å²) >= 11 is 6.66. The van der Waals surface area contributed by atoms with E-state index in [1.165, 1.54) is 17.3 Å². The van der Waals surface area contributed by atoms with Gasteiger partial charge in [-0.15, -0.1) is 0 Å². The average molecular weight is 412 g/mol. The lowest BCUT2D eigenvalue weighted by Crippen LogP contribution is -2.29. The van der Waals surface area contributed by atoms with Gasteiger partial charge in [0.2, 0.25) is 5.91 Å². The molecule has 0 radical (unpaired) electrons. The number of carbonyl (C=O) groups excluding carboxylic acids is 2. The highest BCUT2D eigenvalue weighted by atomic mass is 32.2.